The molecule has 0 unspecified atom stereocenters. The summed E-state index contributed by atoms with van der Waals surface area (Å²) >= 11 is 0. The highest BCUT2D eigenvalue weighted by Crippen LogP contribution is 2.32. The Hall–Kier alpha value is -2.44. The number of para-hydroxylation sites is 1. The van der Waals surface area contributed by atoms with E-state index in [2.05, 4.69) is 39.8 Å². The van der Waals surface area contributed by atoms with E-state index in [9.17, 15) is 0 Å². The molecule has 0 saturated carbocycles. The second-order valence-corrected chi connectivity index (χ2v) is 6.77. The second-order valence-electron chi connectivity index (χ2n) is 6.77. The van der Waals surface area contributed by atoms with Crippen molar-refractivity contribution in [2.24, 2.45) is 13.0 Å². The molecule has 0 amide bonds. The number of nitrogens with one attached hydrogen (secondary N) is 1. The van der Waals surface area contributed by atoms with Gasteiger partial charge in [-0.05, 0) is 37.1 Å². The highest BCUT2D eigenvalue weighted by molar-refractivity contribution is 5.32. The van der Waals surface area contributed by atoms with E-state index in [1.54, 1.807) is 0 Å². The van der Waals surface area contributed by atoms with Crippen LogP contribution in [-0.2, 0) is 18.3 Å². The van der Waals surface area contributed by atoms with E-state index in [-0.39, 0.29) is 6.10 Å². The van der Waals surface area contributed by atoms with Crippen molar-refractivity contribution in [3.63, 3.8) is 0 Å². The maximum Gasteiger partial charge on any atom is 0.103 e. The molecule has 0 spiro atoms. The highest BCUT2D eigenvalue weighted by Gasteiger charge is 2.29. The maximum atomic E-state index is 6.08. The Balaban J connectivity index is 1.40. The van der Waals surface area contributed by atoms with Gasteiger partial charge in [-0.15, -0.1) is 0 Å². The first kappa shape index (κ1) is 17.0. The predicted octanol–water partition coefficient (Wildman–Crippen LogP) is 2.86. The summed E-state index contributed by atoms with van der Waals surface area (Å²) in [5, 5.41) is 12.4. The maximum absolute atomic E-state index is 6.08. The third kappa shape index (κ3) is 3.57. The predicted molar refractivity (Wildman–Crippen MR) is 99.9 cm³/mol. The zero-order chi connectivity index (χ0) is 17.8. The van der Waals surface area contributed by atoms with Gasteiger partial charge in [-0.25, -0.2) is 4.68 Å². The summed E-state index contributed by atoms with van der Waals surface area (Å²) in [7, 11) is 1.98. The number of aromatic nitrogens is 4. The zero-order valence-electron chi connectivity index (χ0n) is 15.1. The van der Waals surface area contributed by atoms with E-state index in [0.29, 0.717) is 5.92 Å². The SMILES string of the molecule is Cn1nccc1[C@@H]1OCCC[C@H]1CNCc1ccnn1-c1ccccc1. The number of rotatable bonds is 6. The molecule has 0 bridgehead atoms. The minimum atomic E-state index is 0.114. The van der Waals surface area contributed by atoms with Crippen molar-refractivity contribution < 1.29 is 4.74 Å². The highest BCUT2D eigenvalue weighted by atomic mass is 16.5. The van der Waals surface area contributed by atoms with Gasteiger partial charge in [-0.1, -0.05) is 18.2 Å². The van der Waals surface area contributed by atoms with Gasteiger partial charge in [0.15, 0.2) is 0 Å². The van der Waals surface area contributed by atoms with Gasteiger partial charge >= 0.3 is 0 Å². The van der Waals surface area contributed by atoms with Gasteiger partial charge in [0.1, 0.15) is 6.10 Å². The van der Waals surface area contributed by atoms with Crippen LogP contribution in [0, 0.1) is 5.92 Å². The molecule has 4 rings (SSSR count). The van der Waals surface area contributed by atoms with Gasteiger partial charge in [-0.2, -0.15) is 10.2 Å². The van der Waals surface area contributed by atoms with E-state index in [0.717, 1.165) is 43.2 Å². The molecule has 6 heteroatoms. The van der Waals surface area contributed by atoms with E-state index in [4.69, 9.17) is 4.74 Å². The molecule has 1 saturated heterocycles. The summed E-state index contributed by atoms with van der Waals surface area (Å²) in [6.07, 6.45) is 6.09. The average molecular weight is 351 g/mol. The van der Waals surface area contributed by atoms with E-state index in [1.165, 1.54) is 6.42 Å². The van der Waals surface area contributed by atoms with Crippen molar-refractivity contribution in [3.8, 4) is 5.69 Å². The summed E-state index contributed by atoms with van der Waals surface area (Å²) in [4.78, 5) is 0. The molecule has 2 aromatic heterocycles. The van der Waals surface area contributed by atoms with Crippen LogP contribution in [0.15, 0.2) is 54.9 Å². The third-order valence-corrected chi connectivity index (χ3v) is 5.03. The molecule has 26 heavy (non-hydrogen) atoms. The molecule has 1 aliphatic rings. The fourth-order valence-electron chi connectivity index (χ4n) is 3.69. The molecule has 3 heterocycles. The molecule has 0 aliphatic carbocycles. The number of nitrogens with zero attached hydrogens (tertiary/aromatic N) is 4. The largest absolute Gasteiger partial charge is 0.372 e. The lowest BCUT2D eigenvalue weighted by Gasteiger charge is -2.32. The number of hydrogen-bond donors (Lipinski definition) is 1. The minimum Gasteiger partial charge on any atom is -0.372 e. The van der Waals surface area contributed by atoms with Crippen molar-refractivity contribution in [3.05, 3.63) is 66.2 Å². The van der Waals surface area contributed by atoms with Crippen LogP contribution in [0.3, 0.4) is 0 Å². The van der Waals surface area contributed by atoms with Crippen LogP contribution in [0.2, 0.25) is 0 Å². The molecule has 1 aromatic carbocycles. The van der Waals surface area contributed by atoms with Gasteiger partial charge in [0.2, 0.25) is 0 Å². The summed E-state index contributed by atoms with van der Waals surface area (Å²) in [5.41, 5.74) is 3.40. The molecule has 2 atom stereocenters. The lowest BCUT2D eigenvalue weighted by molar-refractivity contribution is -0.0323. The third-order valence-electron chi connectivity index (χ3n) is 5.03. The van der Waals surface area contributed by atoms with Gasteiger partial charge in [0, 0.05) is 45.1 Å². The summed E-state index contributed by atoms with van der Waals surface area (Å²) in [6, 6.07) is 14.4. The number of aryl methyl sites for hydroxylation is 1. The van der Waals surface area contributed by atoms with Crippen molar-refractivity contribution in [1.82, 2.24) is 24.9 Å². The van der Waals surface area contributed by atoms with Crippen molar-refractivity contribution >= 4 is 0 Å². The Bertz CT molecular complexity index is 826. The first-order valence-corrected chi connectivity index (χ1v) is 9.21. The normalized spacial score (nSPS) is 20.3. The van der Waals surface area contributed by atoms with Crippen molar-refractivity contribution in [2.45, 2.75) is 25.5 Å². The molecule has 1 N–H and O–H groups in total. The van der Waals surface area contributed by atoms with Crippen LogP contribution in [0.5, 0.6) is 0 Å². The Kier molecular flexibility index (Phi) is 5.13. The lowest BCUT2D eigenvalue weighted by atomic mass is 9.92. The number of ether oxygens (including phenoxy) is 1. The van der Waals surface area contributed by atoms with Crippen LogP contribution in [0.25, 0.3) is 5.69 Å². The molecule has 0 radical (unpaired) electrons. The lowest BCUT2D eigenvalue weighted by Crippen LogP contribution is -2.33. The van der Waals surface area contributed by atoms with Gasteiger partial charge in [0.25, 0.3) is 0 Å². The standard InChI is InChI=1S/C20H25N5O/c1-24-19(10-12-22-24)20-16(6-5-13-26-20)14-21-15-18-9-11-23-25(18)17-7-3-2-4-8-17/h2-4,7-12,16,20-21H,5-6,13-15H2,1H3/t16-,20+/m0/s1. The smallest absolute Gasteiger partial charge is 0.103 e. The minimum absolute atomic E-state index is 0.114. The van der Waals surface area contributed by atoms with Gasteiger partial charge in [-0.3, -0.25) is 4.68 Å². The average Bonchev–Trinajstić information content (AvgIpc) is 3.32. The fraction of sp³-hybridized carbons (Fsp3) is 0.400. The van der Waals surface area contributed by atoms with Crippen LogP contribution in [-0.4, -0.2) is 32.7 Å². The van der Waals surface area contributed by atoms with Crippen LogP contribution < -0.4 is 5.32 Å². The van der Waals surface area contributed by atoms with E-state index >= 15 is 0 Å². The van der Waals surface area contributed by atoms with Crippen LogP contribution >= 0.6 is 0 Å². The first-order chi connectivity index (χ1) is 12.8. The molecule has 136 valence electrons. The van der Waals surface area contributed by atoms with Crippen molar-refractivity contribution in [1.29, 1.82) is 0 Å². The summed E-state index contributed by atoms with van der Waals surface area (Å²) < 4.78 is 9.99. The molecular weight excluding hydrogens is 326 g/mol. The zero-order valence-corrected chi connectivity index (χ0v) is 15.1. The van der Waals surface area contributed by atoms with E-state index in [1.807, 2.05) is 47.0 Å². The molecule has 3 aromatic rings. The Morgan fingerprint density at radius 1 is 1.12 bits per heavy atom. The first-order valence-electron chi connectivity index (χ1n) is 9.21. The fourth-order valence-corrected chi connectivity index (χ4v) is 3.69. The topological polar surface area (TPSA) is 56.9 Å². The van der Waals surface area contributed by atoms with Crippen LogP contribution in [0.4, 0.5) is 0 Å². The van der Waals surface area contributed by atoms with E-state index < -0.39 is 0 Å². The Morgan fingerprint density at radius 3 is 2.77 bits per heavy atom. The molecule has 1 fully saturated rings. The molecule has 6 nitrogen and oxygen atoms in total. The monoisotopic (exact) mass is 351 g/mol. The quantitative estimate of drug-likeness (QED) is 0.742. The molecule has 1 aliphatic heterocycles. The van der Waals surface area contributed by atoms with Gasteiger partial charge in [0.05, 0.1) is 17.1 Å². The van der Waals surface area contributed by atoms with Crippen LogP contribution in [0.1, 0.15) is 30.3 Å². The number of benzene rings is 1. The van der Waals surface area contributed by atoms with Crippen molar-refractivity contribution in [2.75, 3.05) is 13.2 Å². The molecular formula is C20H25N5O. The second kappa shape index (κ2) is 7.85. The summed E-state index contributed by atoms with van der Waals surface area (Å²) in [6.45, 7) is 2.52. The Morgan fingerprint density at radius 2 is 1.96 bits per heavy atom. The Labute approximate surface area is 153 Å². The van der Waals surface area contributed by atoms with Gasteiger partial charge < -0.3 is 10.1 Å². The summed E-state index contributed by atoms with van der Waals surface area (Å²) in [5.74, 6) is 0.451. The number of hydrogen-bond acceptors (Lipinski definition) is 4.